The Kier molecular flexibility index (Phi) is 42.6. The van der Waals surface area contributed by atoms with E-state index in [9.17, 15) is 0 Å². The highest BCUT2D eigenvalue weighted by atomic mass is 15.1. The molecule has 0 radical (unpaired) electrons. The van der Waals surface area contributed by atoms with Gasteiger partial charge in [-0.25, -0.2) is 0 Å². The van der Waals surface area contributed by atoms with E-state index in [0.29, 0.717) is 0 Å². The van der Waals surface area contributed by atoms with Crippen LogP contribution in [-0.4, -0.2) is 49.1 Å². The van der Waals surface area contributed by atoms with E-state index >= 15 is 0 Å². The summed E-state index contributed by atoms with van der Waals surface area (Å²) in [5.74, 6) is 1.64. The largest absolute Gasteiger partial charge is 0.303 e. The Hall–Kier alpha value is -0.600. The first kappa shape index (κ1) is 51.4. The Bertz CT molecular complexity index is 653. The van der Waals surface area contributed by atoms with Gasteiger partial charge in [-0.05, 0) is 115 Å². The summed E-state index contributed by atoms with van der Waals surface area (Å²) in [5.41, 5.74) is 0. The fourth-order valence-corrected chi connectivity index (χ4v) is 7.57. The summed E-state index contributed by atoms with van der Waals surface area (Å²) in [4.78, 5) is 5.65. The second-order valence-electron chi connectivity index (χ2n) is 17.2. The molecule has 0 saturated heterocycles. The average molecular weight is 729 g/mol. The number of unbranched alkanes of at least 4 members (excludes halogenated alkanes) is 25. The van der Waals surface area contributed by atoms with Crippen LogP contribution in [0.4, 0.5) is 0 Å². The zero-order valence-corrected chi connectivity index (χ0v) is 37.2. The van der Waals surface area contributed by atoms with Crippen molar-refractivity contribution in [3.05, 3.63) is 24.3 Å². The van der Waals surface area contributed by atoms with E-state index in [4.69, 9.17) is 0 Å². The summed E-state index contributed by atoms with van der Waals surface area (Å²) < 4.78 is 0. The molecule has 2 unspecified atom stereocenters. The third-order valence-corrected chi connectivity index (χ3v) is 11.7. The van der Waals surface area contributed by atoms with Crippen LogP contribution in [0.5, 0.6) is 0 Å². The quantitative estimate of drug-likeness (QED) is 0.0456. The molecule has 2 atom stereocenters. The van der Waals surface area contributed by atoms with Crippen LogP contribution in [0.15, 0.2) is 24.3 Å². The van der Waals surface area contributed by atoms with Gasteiger partial charge in [-0.3, -0.25) is 0 Å². The van der Waals surface area contributed by atoms with Crippen LogP contribution in [0, 0.1) is 11.8 Å². The zero-order chi connectivity index (χ0) is 38.0. The number of allylic oxidation sites excluding steroid dienone is 4. The molecule has 0 spiro atoms. The van der Waals surface area contributed by atoms with Gasteiger partial charge in [-0.2, -0.15) is 0 Å². The van der Waals surface area contributed by atoms with E-state index in [0.717, 1.165) is 11.8 Å². The Labute approximate surface area is 331 Å². The Morgan fingerprint density at radius 2 is 0.538 bits per heavy atom. The summed E-state index contributed by atoms with van der Waals surface area (Å²) >= 11 is 0. The molecule has 0 bridgehead atoms. The minimum atomic E-state index is 0.822. The first-order valence-corrected chi connectivity index (χ1v) is 24.3. The molecule has 0 fully saturated rings. The number of hydrogen-bond donors (Lipinski definition) is 0. The van der Waals surface area contributed by atoms with Gasteiger partial charge in [0.25, 0.3) is 0 Å². The smallest absolute Gasteiger partial charge is 0.000692 e. The van der Waals surface area contributed by atoms with Crippen molar-refractivity contribution < 1.29 is 0 Å². The molecule has 2 heteroatoms. The highest BCUT2D eigenvalue weighted by Crippen LogP contribution is 2.15. The zero-order valence-electron chi connectivity index (χ0n) is 37.2. The molecule has 0 aliphatic rings. The van der Waals surface area contributed by atoms with Crippen molar-refractivity contribution in [2.75, 3.05) is 39.3 Å². The van der Waals surface area contributed by atoms with Gasteiger partial charge in [0.15, 0.2) is 0 Å². The maximum absolute atomic E-state index is 2.83. The molecule has 0 amide bonds. The van der Waals surface area contributed by atoms with Crippen molar-refractivity contribution in [1.29, 1.82) is 0 Å². The van der Waals surface area contributed by atoms with E-state index < -0.39 is 0 Å². The minimum absolute atomic E-state index is 0.822. The fourth-order valence-electron chi connectivity index (χ4n) is 7.57. The molecule has 0 aromatic heterocycles. The van der Waals surface area contributed by atoms with Gasteiger partial charge in [-0.1, -0.05) is 194 Å². The summed E-state index contributed by atoms with van der Waals surface area (Å²) in [6, 6.07) is 0. The number of nitrogens with zero attached hydrogens (tertiary/aromatic N) is 2. The molecule has 0 N–H and O–H groups in total. The SMILES string of the molecule is CCCCCCCCC=CCCCCCCCCN(CCCCN(CCCCCCCCC=CCCCCCCCC)CC(C)CC)CC(C)CC. The van der Waals surface area contributed by atoms with Crippen LogP contribution >= 0.6 is 0 Å². The van der Waals surface area contributed by atoms with Crippen LogP contribution in [0.1, 0.15) is 247 Å². The number of rotatable bonds is 43. The van der Waals surface area contributed by atoms with Gasteiger partial charge in [0, 0.05) is 13.1 Å². The fraction of sp³-hybridized carbons (Fsp3) is 0.920. The monoisotopic (exact) mass is 729 g/mol. The molecule has 0 aliphatic carbocycles. The van der Waals surface area contributed by atoms with Crippen molar-refractivity contribution in [3.8, 4) is 0 Å². The van der Waals surface area contributed by atoms with E-state index in [1.807, 2.05) is 0 Å². The maximum Gasteiger partial charge on any atom is 0.000692 e. The predicted molar refractivity (Wildman–Crippen MR) is 240 cm³/mol. The molecule has 52 heavy (non-hydrogen) atoms. The average Bonchev–Trinajstić information content (AvgIpc) is 3.15. The normalized spacial score (nSPS) is 13.5. The van der Waals surface area contributed by atoms with Crippen LogP contribution in [0.3, 0.4) is 0 Å². The van der Waals surface area contributed by atoms with Gasteiger partial charge in [0.1, 0.15) is 0 Å². The van der Waals surface area contributed by atoms with Gasteiger partial charge in [-0.15, -0.1) is 0 Å². The second-order valence-corrected chi connectivity index (χ2v) is 17.2. The molecule has 0 saturated carbocycles. The van der Waals surface area contributed by atoms with Crippen LogP contribution in [0.2, 0.25) is 0 Å². The Morgan fingerprint density at radius 1 is 0.308 bits per heavy atom. The Balaban J connectivity index is 4.08. The van der Waals surface area contributed by atoms with E-state index in [1.165, 1.54) is 245 Å². The lowest BCUT2D eigenvalue weighted by atomic mass is 10.1. The maximum atomic E-state index is 2.83. The van der Waals surface area contributed by atoms with Crippen molar-refractivity contribution in [1.82, 2.24) is 9.80 Å². The summed E-state index contributed by atoms with van der Waals surface area (Å²) in [7, 11) is 0. The number of hydrogen-bond acceptors (Lipinski definition) is 2. The van der Waals surface area contributed by atoms with Crippen molar-refractivity contribution in [2.24, 2.45) is 11.8 Å². The third-order valence-electron chi connectivity index (χ3n) is 11.7. The van der Waals surface area contributed by atoms with Crippen LogP contribution in [-0.2, 0) is 0 Å². The molecular formula is C50H100N2. The van der Waals surface area contributed by atoms with Gasteiger partial charge >= 0.3 is 0 Å². The first-order valence-electron chi connectivity index (χ1n) is 24.3. The molecule has 0 aromatic carbocycles. The lowest BCUT2D eigenvalue weighted by molar-refractivity contribution is 0.203. The molecule has 0 rings (SSSR count). The predicted octanol–water partition coefficient (Wildman–Crippen LogP) is 16.5. The van der Waals surface area contributed by atoms with E-state index in [1.54, 1.807) is 0 Å². The molecule has 310 valence electrons. The lowest BCUT2D eigenvalue weighted by Gasteiger charge is -2.27. The lowest BCUT2D eigenvalue weighted by Crippen LogP contribution is -2.33. The van der Waals surface area contributed by atoms with E-state index in [-0.39, 0.29) is 0 Å². The third kappa shape index (κ3) is 39.1. The highest BCUT2D eigenvalue weighted by Gasteiger charge is 2.12. The van der Waals surface area contributed by atoms with Gasteiger partial charge in [0.2, 0.25) is 0 Å². The first-order chi connectivity index (χ1) is 25.6. The summed E-state index contributed by atoms with van der Waals surface area (Å²) in [5, 5.41) is 0. The van der Waals surface area contributed by atoms with Gasteiger partial charge in [0.05, 0.1) is 0 Å². The van der Waals surface area contributed by atoms with Crippen LogP contribution in [0.25, 0.3) is 0 Å². The van der Waals surface area contributed by atoms with Crippen molar-refractivity contribution >= 4 is 0 Å². The highest BCUT2D eigenvalue weighted by molar-refractivity contribution is 4.82. The van der Waals surface area contributed by atoms with Gasteiger partial charge < -0.3 is 9.80 Å². The topological polar surface area (TPSA) is 6.48 Å². The molecule has 0 aromatic rings. The van der Waals surface area contributed by atoms with Crippen molar-refractivity contribution in [2.45, 2.75) is 247 Å². The molecule has 2 nitrogen and oxygen atoms in total. The summed E-state index contributed by atoms with van der Waals surface area (Å²) in [6.07, 6.45) is 54.3. The molecule has 0 aliphatic heterocycles. The Morgan fingerprint density at radius 3 is 0.808 bits per heavy atom. The summed E-state index contributed by atoms with van der Waals surface area (Å²) in [6.45, 7) is 22.1. The van der Waals surface area contributed by atoms with E-state index in [2.05, 4.69) is 75.6 Å². The minimum Gasteiger partial charge on any atom is -0.303 e. The standard InChI is InChI=1S/C50H100N2/c1-7-11-13-15-17-19-21-23-25-27-29-31-33-35-37-39-43-51(47-49(5)9-3)45-41-42-46-52(48-50(6)10-4)44-40-38-36-34-32-30-28-26-24-22-20-18-16-14-12-8-2/h23-26,49-50H,7-22,27-48H2,1-6H3. The van der Waals surface area contributed by atoms with Crippen LogP contribution < -0.4 is 0 Å². The molecular weight excluding hydrogens is 629 g/mol. The van der Waals surface area contributed by atoms with Crippen molar-refractivity contribution in [3.63, 3.8) is 0 Å². The molecule has 0 heterocycles. The second kappa shape index (κ2) is 43.1.